The Morgan fingerprint density at radius 2 is 1.77 bits per heavy atom. The number of carbonyl (C=O) groups excluding carboxylic acids is 1. The van der Waals surface area contributed by atoms with Crippen LogP contribution in [-0.2, 0) is 6.54 Å². The van der Waals surface area contributed by atoms with E-state index in [9.17, 15) is 9.59 Å². The summed E-state index contributed by atoms with van der Waals surface area (Å²) in [6.45, 7) is 4.17. The first-order chi connectivity index (χ1) is 15.0. The Morgan fingerprint density at radius 3 is 2.48 bits per heavy atom. The number of hydrogen-bond acceptors (Lipinski definition) is 4. The summed E-state index contributed by atoms with van der Waals surface area (Å²) < 4.78 is 5.24. The average Bonchev–Trinajstić information content (AvgIpc) is 2.79. The highest BCUT2D eigenvalue weighted by atomic mass is 16.5. The summed E-state index contributed by atoms with van der Waals surface area (Å²) in [5.74, 6) is 0.473. The lowest BCUT2D eigenvalue weighted by atomic mass is 10.1. The molecule has 2 aromatic carbocycles. The molecular formula is C25H23N3O3. The first-order valence-corrected chi connectivity index (χ1v) is 9.95. The largest absolute Gasteiger partial charge is 0.497 e. The quantitative estimate of drug-likeness (QED) is 0.526. The number of benzene rings is 2. The molecule has 4 rings (SSSR count). The maximum atomic E-state index is 13.4. The van der Waals surface area contributed by atoms with Crippen LogP contribution < -0.4 is 15.2 Å². The van der Waals surface area contributed by atoms with E-state index in [0.29, 0.717) is 22.4 Å². The smallest absolute Gasteiger partial charge is 0.258 e. The normalized spacial score (nSPS) is 10.8. The molecule has 2 aromatic heterocycles. The van der Waals surface area contributed by atoms with Crippen molar-refractivity contribution in [2.24, 2.45) is 0 Å². The van der Waals surface area contributed by atoms with Crippen molar-refractivity contribution in [3.05, 3.63) is 99.6 Å². The van der Waals surface area contributed by atoms with Gasteiger partial charge in [0.1, 0.15) is 5.75 Å². The fourth-order valence-corrected chi connectivity index (χ4v) is 3.46. The van der Waals surface area contributed by atoms with Crippen molar-refractivity contribution in [2.45, 2.75) is 20.4 Å². The Bertz CT molecular complexity index is 1310. The van der Waals surface area contributed by atoms with Crippen molar-refractivity contribution in [1.82, 2.24) is 9.97 Å². The van der Waals surface area contributed by atoms with Gasteiger partial charge in [0.15, 0.2) is 0 Å². The molecule has 0 saturated heterocycles. The van der Waals surface area contributed by atoms with Gasteiger partial charge >= 0.3 is 0 Å². The molecule has 0 fully saturated rings. The van der Waals surface area contributed by atoms with E-state index in [-0.39, 0.29) is 18.0 Å². The van der Waals surface area contributed by atoms with Crippen LogP contribution in [0.15, 0.2) is 71.8 Å². The van der Waals surface area contributed by atoms with Crippen LogP contribution in [0, 0.1) is 13.8 Å². The van der Waals surface area contributed by atoms with Gasteiger partial charge in [0, 0.05) is 35.3 Å². The van der Waals surface area contributed by atoms with Gasteiger partial charge < -0.3 is 14.6 Å². The third kappa shape index (κ3) is 4.19. The van der Waals surface area contributed by atoms with Gasteiger partial charge in [-0.05, 0) is 72.8 Å². The van der Waals surface area contributed by atoms with E-state index in [1.807, 2.05) is 50.2 Å². The Labute approximate surface area is 180 Å². The molecule has 1 amide bonds. The van der Waals surface area contributed by atoms with Crippen molar-refractivity contribution in [3.63, 3.8) is 0 Å². The second-order valence-electron chi connectivity index (χ2n) is 7.47. The number of H-pyrrole nitrogens is 1. The second-order valence-corrected chi connectivity index (χ2v) is 7.47. The van der Waals surface area contributed by atoms with Crippen molar-refractivity contribution in [2.75, 3.05) is 12.0 Å². The van der Waals surface area contributed by atoms with Gasteiger partial charge in [-0.2, -0.15) is 0 Å². The molecule has 0 saturated carbocycles. The predicted octanol–water partition coefficient (Wildman–Crippen LogP) is 4.40. The number of aromatic amines is 1. The lowest BCUT2D eigenvalue weighted by molar-refractivity contribution is 0.0985. The summed E-state index contributed by atoms with van der Waals surface area (Å²) in [7, 11) is 1.58. The van der Waals surface area contributed by atoms with Crippen LogP contribution in [0.1, 0.15) is 27.0 Å². The number of hydrogen-bond donors (Lipinski definition) is 1. The SMILES string of the molecule is COc1ccc2cc(CN(C(=O)c3ccncc3)c3ccc(C)c(C)c3)c(=O)[nH]c2c1. The minimum absolute atomic E-state index is 0.140. The monoisotopic (exact) mass is 413 g/mol. The number of pyridine rings is 2. The molecule has 0 radical (unpaired) electrons. The van der Waals surface area contributed by atoms with Crippen LogP contribution in [-0.4, -0.2) is 23.0 Å². The maximum Gasteiger partial charge on any atom is 0.258 e. The zero-order chi connectivity index (χ0) is 22.0. The van der Waals surface area contributed by atoms with Crippen LogP contribution >= 0.6 is 0 Å². The molecule has 1 N–H and O–H groups in total. The molecule has 0 bridgehead atoms. The lowest BCUT2D eigenvalue weighted by Crippen LogP contribution is -2.33. The van der Waals surface area contributed by atoms with Gasteiger partial charge in [0.2, 0.25) is 0 Å². The van der Waals surface area contributed by atoms with Crippen LogP contribution in [0.2, 0.25) is 0 Å². The average molecular weight is 413 g/mol. The Balaban J connectivity index is 1.78. The Morgan fingerprint density at radius 1 is 1.00 bits per heavy atom. The Hall–Kier alpha value is -3.93. The number of aryl methyl sites for hydroxylation is 2. The standard InChI is InChI=1S/C25H23N3O3/c1-16-4-6-21(12-17(16)2)28(25(30)18-8-10-26-11-9-18)15-20-13-19-5-7-22(31-3)14-23(19)27-24(20)29/h4-14H,15H2,1-3H3,(H,27,29). The molecule has 0 spiro atoms. The van der Waals surface area contributed by atoms with Gasteiger partial charge in [-0.15, -0.1) is 0 Å². The molecule has 0 aliphatic rings. The molecule has 31 heavy (non-hydrogen) atoms. The number of methoxy groups -OCH3 is 1. The molecule has 6 nitrogen and oxygen atoms in total. The first kappa shape index (κ1) is 20.3. The summed E-state index contributed by atoms with van der Waals surface area (Å²) in [5.41, 5.74) is 4.40. The molecule has 4 aromatic rings. The molecular weight excluding hydrogens is 390 g/mol. The number of carbonyl (C=O) groups is 1. The van der Waals surface area contributed by atoms with Crippen LogP contribution in [0.25, 0.3) is 10.9 Å². The molecule has 2 heterocycles. The topological polar surface area (TPSA) is 75.3 Å². The number of fused-ring (bicyclic) bond motifs is 1. The molecule has 6 heteroatoms. The Kier molecular flexibility index (Phi) is 5.54. The fraction of sp³-hybridized carbons (Fsp3) is 0.160. The number of rotatable bonds is 5. The summed E-state index contributed by atoms with van der Waals surface area (Å²) in [5, 5.41) is 0.867. The number of nitrogens with zero attached hydrogens (tertiary/aromatic N) is 2. The summed E-state index contributed by atoms with van der Waals surface area (Å²) in [6.07, 6.45) is 3.17. The zero-order valence-corrected chi connectivity index (χ0v) is 17.7. The van der Waals surface area contributed by atoms with Crippen molar-refractivity contribution >= 4 is 22.5 Å². The second kappa shape index (κ2) is 8.44. The number of ether oxygens (including phenoxy) is 1. The van der Waals surface area contributed by atoms with Crippen LogP contribution in [0.3, 0.4) is 0 Å². The molecule has 0 atom stereocenters. The molecule has 0 aliphatic carbocycles. The van der Waals surface area contributed by atoms with Gasteiger partial charge in [-0.3, -0.25) is 14.6 Å². The predicted molar refractivity (Wildman–Crippen MR) is 122 cm³/mol. The van der Waals surface area contributed by atoms with Crippen LogP contribution in [0.5, 0.6) is 5.75 Å². The maximum absolute atomic E-state index is 13.4. The minimum Gasteiger partial charge on any atom is -0.497 e. The highest BCUT2D eigenvalue weighted by Crippen LogP contribution is 2.24. The van der Waals surface area contributed by atoms with Gasteiger partial charge in [-0.25, -0.2) is 0 Å². The van der Waals surface area contributed by atoms with Gasteiger partial charge in [-0.1, -0.05) is 6.07 Å². The highest BCUT2D eigenvalue weighted by molar-refractivity contribution is 6.06. The summed E-state index contributed by atoms with van der Waals surface area (Å²) in [4.78, 5) is 34.7. The van der Waals surface area contributed by atoms with Gasteiger partial charge in [0.25, 0.3) is 11.5 Å². The van der Waals surface area contributed by atoms with Crippen LogP contribution in [0.4, 0.5) is 5.69 Å². The van der Waals surface area contributed by atoms with E-state index in [4.69, 9.17) is 4.74 Å². The third-order valence-corrected chi connectivity index (χ3v) is 5.43. The van der Waals surface area contributed by atoms with Crippen molar-refractivity contribution < 1.29 is 9.53 Å². The highest BCUT2D eigenvalue weighted by Gasteiger charge is 2.20. The number of aromatic nitrogens is 2. The molecule has 156 valence electrons. The molecule has 0 aliphatic heterocycles. The van der Waals surface area contributed by atoms with Crippen molar-refractivity contribution in [1.29, 1.82) is 0 Å². The fourth-order valence-electron chi connectivity index (χ4n) is 3.46. The van der Waals surface area contributed by atoms with E-state index in [1.165, 1.54) is 0 Å². The van der Waals surface area contributed by atoms with Gasteiger partial charge in [0.05, 0.1) is 19.2 Å². The first-order valence-electron chi connectivity index (χ1n) is 9.95. The number of anilines is 1. The van der Waals surface area contributed by atoms with E-state index < -0.39 is 0 Å². The summed E-state index contributed by atoms with van der Waals surface area (Å²) >= 11 is 0. The summed E-state index contributed by atoms with van der Waals surface area (Å²) in [6, 6.07) is 16.5. The number of nitrogens with one attached hydrogen (secondary N) is 1. The minimum atomic E-state index is -0.239. The van der Waals surface area contributed by atoms with E-state index in [2.05, 4.69) is 9.97 Å². The van der Waals surface area contributed by atoms with E-state index in [1.54, 1.807) is 42.6 Å². The van der Waals surface area contributed by atoms with E-state index >= 15 is 0 Å². The third-order valence-electron chi connectivity index (χ3n) is 5.43. The molecule has 0 unspecified atom stereocenters. The lowest BCUT2D eigenvalue weighted by Gasteiger charge is -2.24. The van der Waals surface area contributed by atoms with E-state index in [0.717, 1.165) is 22.2 Å². The zero-order valence-electron chi connectivity index (χ0n) is 17.7. The van der Waals surface area contributed by atoms with Crippen molar-refractivity contribution in [3.8, 4) is 5.75 Å². The number of amides is 1.